The van der Waals surface area contributed by atoms with E-state index in [4.69, 9.17) is 23.7 Å². The number of rotatable bonds is 10. The van der Waals surface area contributed by atoms with Crippen LogP contribution in [0, 0.1) is 12.0 Å². The summed E-state index contributed by atoms with van der Waals surface area (Å²) in [7, 11) is 0. The Morgan fingerprint density at radius 1 is 0.857 bits per heavy atom. The van der Waals surface area contributed by atoms with Gasteiger partial charge in [0.2, 0.25) is 0 Å². The maximum atomic E-state index is 5.69. The van der Waals surface area contributed by atoms with E-state index >= 15 is 0 Å². The molecule has 28 heavy (non-hydrogen) atoms. The summed E-state index contributed by atoms with van der Waals surface area (Å²) in [6.07, 6.45) is 15.6. The number of ether oxygens (including phenoxy) is 5. The van der Waals surface area contributed by atoms with Gasteiger partial charge >= 0.3 is 0 Å². The zero-order valence-electron chi connectivity index (χ0n) is 18.4. The summed E-state index contributed by atoms with van der Waals surface area (Å²) >= 11 is 0. The van der Waals surface area contributed by atoms with E-state index in [0.717, 1.165) is 39.1 Å². The Morgan fingerprint density at radius 2 is 1.54 bits per heavy atom. The SMILES string of the molecule is C1CCC(OC2CCCCO2)OC1.CCCCCCC(C#COCC)OCC. The van der Waals surface area contributed by atoms with E-state index in [1.807, 2.05) is 13.8 Å². The highest BCUT2D eigenvalue weighted by atomic mass is 16.8. The van der Waals surface area contributed by atoms with Gasteiger partial charge in [-0.2, -0.15) is 0 Å². The molecular weight excluding hydrogens is 356 g/mol. The maximum absolute atomic E-state index is 5.69. The molecule has 0 radical (unpaired) electrons. The third-order valence-electron chi connectivity index (χ3n) is 4.70. The summed E-state index contributed by atoms with van der Waals surface area (Å²) in [4.78, 5) is 0. The van der Waals surface area contributed by atoms with Crippen molar-refractivity contribution < 1.29 is 23.7 Å². The molecule has 0 N–H and O–H groups in total. The molecule has 164 valence electrons. The van der Waals surface area contributed by atoms with Crippen LogP contribution in [0.3, 0.4) is 0 Å². The van der Waals surface area contributed by atoms with Crippen molar-refractivity contribution in [3.8, 4) is 12.0 Å². The second kappa shape index (κ2) is 18.2. The van der Waals surface area contributed by atoms with Crippen molar-refractivity contribution in [2.24, 2.45) is 0 Å². The van der Waals surface area contributed by atoms with Crippen LogP contribution >= 0.6 is 0 Å². The van der Waals surface area contributed by atoms with E-state index in [9.17, 15) is 0 Å². The van der Waals surface area contributed by atoms with Crippen molar-refractivity contribution in [2.45, 2.75) is 110 Å². The average Bonchev–Trinajstić information content (AvgIpc) is 2.73. The second-order valence-corrected chi connectivity index (χ2v) is 7.20. The van der Waals surface area contributed by atoms with Crippen molar-refractivity contribution in [2.75, 3.05) is 26.4 Å². The lowest BCUT2D eigenvalue weighted by atomic mass is 10.1. The quantitative estimate of drug-likeness (QED) is 0.363. The molecule has 2 heterocycles. The van der Waals surface area contributed by atoms with Crippen LogP contribution in [0.15, 0.2) is 0 Å². The van der Waals surface area contributed by atoms with Crippen LogP contribution in [0.2, 0.25) is 0 Å². The molecule has 2 saturated heterocycles. The molecule has 2 rings (SSSR count). The molecule has 3 atom stereocenters. The first kappa shape index (κ1) is 25.2. The van der Waals surface area contributed by atoms with Crippen molar-refractivity contribution in [1.82, 2.24) is 0 Å². The third kappa shape index (κ3) is 13.4. The van der Waals surface area contributed by atoms with Gasteiger partial charge in [-0.15, -0.1) is 0 Å². The fraction of sp³-hybridized carbons (Fsp3) is 0.913. The van der Waals surface area contributed by atoms with Crippen molar-refractivity contribution in [1.29, 1.82) is 0 Å². The fourth-order valence-electron chi connectivity index (χ4n) is 3.14. The largest absolute Gasteiger partial charge is 0.447 e. The molecule has 0 aliphatic carbocycles. The lowest BCUT2D eigenvalue weighted by molar-refractivity contribution is -0.264. The summed E-state index contributed by atoms with van der Waals surface area (Å²) < 4.78 is 27.2. The molecule has 3 unspecified atom stereocenters. The Balaban J connectivity index is 0.000000281. The highest BCUT2D eigenvalue weighted by Crippen LogP contribution is 2.20. The molecule has 0 aromatic carbocycles. The van der Waals surface area contributed by atoms with Gasteiger partial charge in [-0.3, -0.25) is 0 Å². The summed E-state index contributed by atoms with van der Waals surface area (Å²) in [5, 5.41) is 0. The normalized spacial score (nSPS) is 23.0. The van der Waals surface area contributed by atoms with Crippen LogP contribution < -0.4 is 0 Å². The molecule has 5 nitrogen and oxygen atoms in total. The van der Waals surface area contributed by atoms with Gasteiger partial charge in [0.05, 0.1) is 6.61 Å². The van der Waals surface area contributed by atoms with E-state index < -0.39 is 0 Å². The monoisotopic (exact) mass is 398 g/mol. The highest BCUT2D eigenvalue weighted by Gasteiger charge is 2.21. The Bertz CT molecular complexity index is 376. The predicted octanol–water partition coefficient (Wildman–Crippen LogP) is 5.42. The third-order valence-corrected chi connectivity index (χ3v) is 4.70. The minimum atomic E-state index is -0.00292. The molecule has 2 aliphatic rings. The first-order valence-corrected chi connectivity index (χ1v) is 11.4. The molecule has 0 spiro atoms. The van der Waals surface area contributed by atoms with Gasteiger partial charge in [-0.05, 0) is 71.1 Å². The summed E-state index contributed by atoms with van der Waals surface area (Å²) in [6.45, 7) is 9.21. The Morgan fingerprint density at radius 3 is 2.04 bits per heavy atom. The number of unbranched alkanes of at least 4 members (excludes halogenated alkanes) is 3. The Hall–Kier alpha value is -0.800. The zero-order chi connectivity index (χ0) is 20.3. The molecular formula is C23H42O5. The van der Waals surface area contributed by atoms with Crippen LogP contribution in [0.25, 0.3) is 0 Å². The van der Waals surface area contributed by atoms with Crippen molar-refractivity contribution in [3.05, 3.63) is 0 Å². The van der Waals surface area contributed by atoms with E-state index in [2.05, 4.69) is 19.0 Å². The van der Waals surface area contributed by atoms with Crippen molar-refractivity contribution in [3.63, 3.8) is 0 Å². The van der Waals surface area contributed by atoms with Gasteiger partial charge in [-0.25, -0.2) is 0 Å². The molecule has 5 heteroatoms. The van der Waals surface area contributed by atoms with Gasteiger partial charge in [0.25, 0.3) is 0 Å². The van der Waals surface area contributed by atoms with Gasteiger partial charge < -0.3 is 23.7 Å². The van der Waals surface area contributed by atoms with Gasteiger partial charge in [-0.1, -0.05) is 26.2 Å². The summed E-state index contributed by atoms with van der Waals surface area (Å²) in [5.74, 6) is 3.00. The minimum absolute atomic E-state index is 0.00292. The minimum Gasteiger partial charge on any atom is -0.447 e. The van der Waals surface area contributed by atoms with Crippen molar-refractivity contribution >= 4 is 0 Å². The Kier molecular flexibility index (Phi) is 16.4. The van der Waals surface area contributed by atoms with Crippen LogP contribution in [0.1, 0.15) is 91.4 Å². The summed E-state index contributed by atoms with van der Waals surface area (Å²) in [5.41, 5.74) is 0. The van der Waals surface area contributed by atoms with Gasteiger partial charge in [0, 0.05) is 19.8 Å². The number of hydrogen-bond donors (Lipinski definition) is 0. The smallest absolute Gasteiger partial charge is 0.160 e. The van der Waals surface area contributed by atoms with E-state index in [0.29, 0.717) is 6.61 Å². The number of hydrogen-bond acceptors (Lipinski definition) is 5. The van der Waals surface area contributed by atoms with Gasteiger partial charge in [0.1, 0.15) is 12.2 Å². The molecule has 0 saturated carbocycles. The molecule has 0 bridgehead atoms. The lowest BCUT2D eigenvalue weighted by Crippen LogP contribution is -2.31. The summed E-state index contributed by atoms with van der Waals surface area (Å²) in [6, 6.07) is 0. The first-order valence-electron chi connectivity index (χ1n) is 11.4. The van der Waals surface area contributed by atoms with E-state index in [1.54, 1.807) is 0 Å². The van der Waals surface area contributed by atoms with Crippen LogP contribution in [0.4, 0.5) is 0 Å². The molecule has 0 aromatic rings. The van der Waals surface area contributed by atoms with Gasteiger partial charge in [0.15, 0.2) is 12.6 Å². The zero-order valence-corrected chi connectivity index (χ0v) is 18.4. The standard InChI is InChI=1S/C13H24O2.C10H18O3/c1-4-7-8-9-10-13(15-6-3)11-12-14-5-2;1-3-7-11-9(5-1)13-10-6-2-4-8-12-10/h13H,4-10H2,1-3H3;9-10H,1-8H2. The molecule has 0 aromatic heterocycles. The van der Waals surface area contributed by atoms with E-state index in [-0.39, 0.29) is 18.7 Å². The average molecular weight is 399 g/mol. The van der Waals surface area contributed by atoms with Crippen LogP contribution in [0.5, 0.6) is 0 Å². The Labute approximate surface area is 172 Å². The van der Waals surface area contributed by atoms with E-state index in [1.165, 1.54) is 51.4 Å². The predicted molar refractivity (Wildman–Crippen MR) is 112 cm³/mol. The van der Waals surface area contributed by atoms with Crippen LogP contribution in [-0.4, -0.2) is 45.1 Å². The second-order valence-electron chi connectivity index (χ2n) is 7.20. The molecule has 2 aliphatic heterocycles. The first-order chi connectivity index (χ1) is 13.8. The fourth-order valence-corrected chi connectivity index (χ4v) is 3.14. The van der Waals surface area contributed by atoms with Crippen LogP contribution in [-0.2, 0) is 23.7 Å². The lowest BCUT2D eigenvalue weighted by Gasteiger charge is -2.29. The molecule has 0 amide bonds. The highest BCUT2D eigenvalue weighted by molar-refractivity contribution is 4.99. The maximum Gasteiger partial charge on any atom is 0.160 e. The molecule has 2 fully saturated rings. The topological polar surface area (TPSA) is 46.2 Å².